The summed E-state index contributed by atoms with van der Waals surface area (Å²) in [6, 6.07) is 13.2. The Hall–Kier alpha value is -2.73. The first kappa shape index (κ1) is 16.7. The third kappa shape index (κ3) is 3.20. The monoisotopic (exact) mass is 412 g/mol. The maximum absolute atomic E-state index is 12.8. The molecule has 5 nitrogen and oxygen atoms in total. The Balaban J connectivity index is 1.62. The van der Waals surface area contributed by atoms with Crippen molar-refractivity contribution in [1.82, 2.24) is 4.57 Å². The molecule has 1 aromatic heterocycles. The van der Waals surface area contributed by atoms with E-state index in [1.54, 1.807) is 6.07 Å². The molecule has 0 aliphatic carbocycles. The SMILES string of the molecule is Cc1ccc(C(=O)Nc2cc3c(cc2Br)OCCO3)cc1-n1cccc1. The summed E-state index contributed by atoms with van der Waals surface area (Å²) in [5.41, 5.74) is 3.30. The number of benzene rings is 2. The highest BCUT2D eigenvalue weighted by Gasteiger charge is 2.17. The van der Waals surface area contributed by atoms with Gasteiger partial charge in [0.05, 0.1) is 5.69 Å². The predicted molar refractivity (Wildman–Crippen MR) is 104 cm³/mol. The lowest BCUT2D eigenvalue weighted by Crippen LogP contribution is -2.17. The van der Waals surface area contributed by atoms with Crippen molar-refractivity contribution in [3.05, 3.63) is 70.5 Å². The minimum Gasteiger partial charge on any atom is -0.486 e. The van der Waals surface area contributed by atoms with Crippen molar-refractivity contribution in [3.8, 4) is 17.2 Å². The molecule has 1 aliphatic heterocycles. The second-order valence-corrected chi connectivity index (χ2v) is 6.88. The Kier molecular flexibility index (Phi) is 4.42. The van der Waals surface area contributed by atoms with Crippen molar-refractivity contribution in [3.63, 3.8) is 0 Å². The maximum Gasteiger partial charge on any atom is 0.255 e. The first-order valence-corrected chi connectivity index (χ1v) is 9.05. The van der Waals surface area contributed by atoms with Crippen LogP contribution >= 0.6 is 15.9 Å². The molecule has 1 amide bonds. The van der Waals surface area contributed by atoms with Gasteiger partial charge in [-0.15, -0.1) is 0 Å². The Morgan fingerprint density at radius 1 is 1.08 bits per heavy atom. The zero-order chi connectivity index (χ0) is 18.1. The standard InChI is InChI=1S/C20H17BrN2O3/c1-13-4-5-14(10-17(13)23-6-2-3-7-23)20(24)22-16-12-19-18(11-15(16)21)25-8-9-26-19/h2-7,10-12H,8-9H2,1H3,(H,22,24). The molecule has 0 atom stereocenters. The fraction of sp³-hybridized carbons (Fsp3) is 0.150. The van der Waals surface area contributed by atoms with Crippen LogP contribution in [0.5, 0.6) is 11.5 Å². The van der Waals surface area contributed by atoms with E-state index in [1.807, 2.05) is 60.3 Å². The summed E-state index contributed by atoms with van der Waals surface area (Å²) in [4.78, 5) is 12.8. The van der Waals surface area contributed by atoms with Gasteiger partial charge in [-0.05, 0) is 52.7 Å². The molecule has 0 bridgehead atoms. The van der Waals surface area contributed by atoms with Crippen LogP contribution in [0.2, 0.25) is 0 Å². The average molecular weight is 413 g/mol. The molecule has 1 aliphatic rings. The normalized spacial score (nSPS) is 12.7. The van der Waals surface area contributed by atoms with Crippen LogP contribution in [-0.4, -0.2) is 23.7 Å². The highest BCUT2D eigenvalue weighted by atomic mass is 79.9. The van der Waals surface area contributed by atoms with Gasteiger partial charge in [0.1, 0.15) is 13.2 Å². The molecule has 0 unspecified atom stereocenters. The van der Waals surface area contributed by atoms with E-state index in [-0.39, 0.29) is 5.91 Å². The number of hydrogen-bond acceptors (Lipinski definition) is 3. The lowest BCUT2D eigenvalue weighted by atomic mass is 10.1. The number of aryl methyl sites for hydroxylation is 1. The van der Waals surface area contributed by atoms with Crippen molar-refractivity contribution in [2.45, 2.75) is 6.92 Å². The zero-order valence-electron chi connectivity index (χ0n) is 14.2. The Labute approximate surface area is 159 Å². The van der Waals surface area contributed by atoms with Gasteiger partial charge in [0, 0.05) is 40.2 Å². The van der Waals surface area contributed by atoms with Gasteiger partial charge in [0.2, 0.25) is 0 Å². The van der Waals surface area contributed by atoms with Crippen molar-refractivity contribution in [2.24, 2.45) is 0 Å². The molecule has 3 aromatic rings. The molecule has 2 heterocycles. The highest BCUT2D eigenvalue weighted by molar-refractivity contribution is 9.10. The summed E-state index contributed by atoms with van der Waals surface area (Å²) in [7, 11) is 0. The van der Waals surface area contributed by atoms with E-state index >= 15 is 0 Å². The van der Waals surface area contributed by atoms with Crippen LogP contribution in [0.15, 0.2) is 59.3 Å². The molecule has 6 heteroatoms. The molecule has 1 N–H and O–H groups in total. The first-order valence-electron chi connectivity index (χ1n) is 8.26. The summed E-state index contributed by atoms with van der Waals surface area (Å²) in [5, 5.41) is 2.94. The van der Waals surface area contributed by atoms with Crippen LogP contribution in [0.4, 0.5) is 5.69 Å². The Morgan fingerprint density at radius 3 is 2.50 bits per heavy atom. The molecule has 132 valence electrons. The molecular weight excluding hydrogens is 396 g/mol. The third-order valence-electron chi connectivity index (χ3n) is 4.23. The predicted octanol–water partition coefficient (Wildman–Crippen LogP) is 4.57. The van der Waals surface area contributed by atoms with Gasteiger partial charge in [0.15, 0.2) is 11.5 Å². The smallest absolute Gasteiger partial charge is 0.255 e. The van der Waals surface area contributed by atoms with Gasteiger partial charge < -0.3 is 19.4 Å². The molecule has 2 aromatic carbocycles. The van der Waals surface area contributed by atoms with Crippen LogP contribution < -0.4 is 14.8 Å². The first-order chi connectivity index (χ1) is 12.6. The highest BCUT2D eigenvalue weighted by Crippen LogP contribution is 2.38. The molecule has 0 saturated carbocycles. The molecule has 0 saturated heterocycles. The summed E-state index contributed by atoms with van der Waals surface area (Å²) in [5.74, 6) is 1.12. The summed E-state index contributed by atoms with van der Waals surface area (Å²) in [6.45, 7) is 3.05. The second kappa shape index (κ2) is 6.88. The summed E-state index contributed by atoms with van der Waals surface area (Å²) >= 11 is 3.48. The molecular formula is C20H17BrN2O3. The summed E-state index contributed by atoms with van der Waals surface area (Å²) < 4.78 is 13.9. The van der Waals surface area contributed by atoms with E-state index in [0.29, 0.717) is 36.0 Å². The largest absolute Gasteiger partial charge is 0.486 e. The Morgan fingerprint density at radius 2 is 1.77 bits per heavy atom. The number of halogens is 1. The topological polar surface area (TPSA) is 52.5 Å². The second-order valence-electron chi connectivity index (χ2n) is 6.02. The third-order valence-corrected chi connectivity index (χ3v) is 4.89. The van der Waals surface area contributed by atoms with Crippen LogP contribution in [-0.2, 0) is 0 Å². The number of carbonyl (C=O) groups excluding carboxylic acids is 1. The van der Waals surface area contributed by atoms with E-state index in [1.165, 1.54) is 0 Å². The minimum atomic E-state index is -0.184. The number of amides is 1. The van der Waals surface area contributed by atoms with Gasteiger partial charge in [-0.3, -0.25) is 4.79 Å². The maximum atomic E-state index is 12.8. The molecule has 0 spiro atoms. The number of fused-ring (bicyclic) bond motifs is 1. The van der Waals surface area contributed by atoms with E-state index in [2.05, 4.69) is 21.2 Å². The van der Waals surface area contributed by atoms with Gasteiger partial charge in [-0.1, -0.05) is 6.07 Å². The average Bonchev–Trinajstić information content (AvgIpc) is 3.17. The van der Waals surface area contributed by atoms with E-state index < -0.39 is 0 Å². The molecule has 0 fully saturated rings. The number of nitrogens with zero attached hydrogens (tertiary/aromatic N) is 1. The van der Waals surface area contributed by atoms with Crippen molar-refractivity contribution in [2.75, 3.05) is 18.5 Å². The molecule has 4 rings (SSSR count). The number of nitrogens with one attached hydrogen (secondary N) is 1. The van der Waals surface area contributed by atoms with Crippen molar-refractivity contribution >= 4 is 27.5 Å². The van der Waals surface area contributed by atoms with Gasteiger partial charge in [-0.25, -0.2) is 0 Å². The number of aromatic nitrogens is 1. The van der Waals surface area contributed by atoms with Gasteiger partial charge >= 0.3 is 0 Å². The van der Waals surface area contributed by atoms with Crippen LogP contribution in [0.25, 0.3) is 5.69 Å². The van der Waals surface area contributed by atoms with Crippen molar-refractivity contribution < 1.29 is 14.3 Å². The summed E-state index contributed by atoms with van der Waals surface area (Å²) in [6.07, 6.45) is 3.92. The van der Waals surface area contributed by atoms with Crippen molar-refractivity contribution in [1.29, 1.82) is 0 Å². The van der Waals surface area contributed by atoms with Crippen LogP contribution in [0, 0.1) is 6.92 Å². The van der Waals surface area contributed by atoms with Gasteiger partial charge in [0.25, 0.3) is 5.91 Å². The number of anilines is 1. The van der Waals surface area contributed by atoms with E-state index in [0.717, 1.165) is 15.7 Å². The fourth-order valence-electron chi connectivity index (χ4n) is 2.88. The number of ether oxygens (including phenoxy) is 2. The van der Waals surface area contributed by atoms with Gasteiger partial charge in [-0.2, -0.15) is 0 Å². The molecule has 0 radical (unpaired) electrons. The van der Waals surface area contributed by atoms with E-state index in [9.17, 15) is 4.79 Å². The number of hydrogen-bond donors (Lipinski definition) is 1. The zero-order valence-corrected chi connectivity index (χ0v) is 15.7. The van der Waals surface area contributed by atoms with E-state index in [4.69, 9.17) is 9.47 Å². The Bertz CT molecular complexity index is 967. The van der Waals surface area contributed by atoms with Crippen LogP contribution in [0.1, 0.15) is 15.9 Å². The minimum absolute atomic E-state index is 0.184. The molecule has 26 heavy (non-hydrogen) atoms. The number of carbonyl (C=O) groups is 1. The number of rotatable bonds is 3. The quantitative estimate of drug-likeness (QED) is 0.685. The lowest BCUT2D eigenvalue weighted by Gasteiger charge is -2.20. The lowest BCUT2D eigenvalue weighted by molar-refractivity contribution is 0.102. The fourth-order valence-corrected chi connectivity index (χ4v) is 3.30. The van der Waals surface area contributed by atoms with Crippen LogP contribution in [0.3, 0.4) is 0 Å².